The Morgan fingerprint density at radius 2 is 1.50 bits per heavy atom. The van der Waals surface area contributed by atoms with Crippen LogP contribution in [0, 0.1) is 0 Å². The monoisotopic (exact) mass is 565 g/mol. The molecule has 0 radical (unpaired) electrons. The van der Waals surface area contributed by atoms with Gasteiger partial charge in [0.1, 0.15) is 18.1 Å². The van der Waals surface area contributed by atoms with Crippen LogP contribution in [-0.4, -0.2) is 12.8 Å². The summed E-state index contributed by atoms with van der Waals surface area (Å²) in [6.45, 7) is 3.11. The van der Waals surface area contributed by atoms with E-state index in [2.05, 4.69) is 52.8 Å². The van der Waals surface area contributed by atoms with E-state index < -0.39 is 0 Å². The molecular weight excluding hydrogens is 550 g/mol. The van der Waals surface area contributed by atoms with Crippen molar-refractivity contribution in [2.45, 2.75) is 13.5 Å². The first-order valence-corrected chi connectivity index (χ1v) is 11.1. The van der Waals surface area contributed by atoms with Crippen LogP contribution in [0.25, 0.3) is 0 Å². The van der Waals surface area contributed by atoms with E-state index in [-0.39, 0.29) is 0 Å². The highest BCUT2D eigenvalue weighted by Crippen LogP contribution is 2.35. The highest BCUT2D eigenvalue weighted by atomic mass is 79.9. The number of rotatable bonds is 7. The van der Waals surface area contributed by atoms with Crippen molar-refractivity contribution in [3.8, 4) is 11.5 Å². The fraction of sp³-hybridized carbons (Fsp3) is 0.136. The SMILES string of the molecule is CCOc1ccc(N=Cc2cc(Br)c(OCc3ccc(Br)cc3)c(Br)c2)cc1. The number of nitrogens with zero attached hydrogens (tertiary/aromatic N) is 1. The highest BCUT2D eigenvalue weighted by Gasteiger charge is 2.09. The van der Waals surface area contributed by atoms with E-state index in [0.29, 0.717) is 13.2 Å². The Hall–Kier alpha value is -1.63. The number of halogens is 3. The number of hydrogen-bond acceptors (Lipinski definition) is 3. The molecule has 0 bridgehead atoms. The van der Waals surface area contributed by atoms with Crippen molar-refractivity contribution in [1.82, 2.24) is 0 Å². The van der Waals surface area contributed by atoms with Gasteiger partial charge in [0.15, 0.2) is 0 Å². The van der Waals surface area contributed by atoms with Gasteiger partial charge in [-0.1, -0.05) is 28.1 Å². The maximum Gasteiger partial charge on any atom is 0.148 e. The van der Waals surface area contributed by atoms with Gasteiger partial charge in [-0.15, -0.1) is 0 Å². The zero-order valence-electron chi connectivity index (χ0n) is 15.2. The molecule has 0 unspecified atom stereocenters. The van der Waals surface area contributed by atoms with Crippen LogP contribution >= 0.6 is 47.8 Å². The van der Waals surface area contributed by atoms with Crippen molar-refractivity contribution in [2.75, 3.05) is 6.61 Å². The molecule has 0 heterocycles. The van der Waals surface area contributed by atoms with E-state index in [4.69, 9.17) is 9.47 Å². The van der Waals surface area contributed by atoms with Crippen LogP contribution < -0.4 is 9.47 Å². The lowest BCUT2D eigenvalue weighted by atomic mass is 10.2. The molecular formula is C22H18Br3NO2. The van der Waals surface area contributed by atoms with Crippen LogP contribution in [0.3, 0.4) is 0 Å². The summed E-state index contributed by atoms with van der Waals surface area (Å²) >= 11 is 10.6. The largest absolute Gasteiger partial charge is 0.494 e. The maximum atomic E-state index is 5.98. The fourth-order valence-corrected chi connectivity index (χ4v) is 4.19. The Morgan fingerprint density at radius 1 is 0.857 bits per heavy atom. The number of aliphatic imine (C=N–C) groups is 1. The van der Waals surface area contributed by atoms with Crippen molar-refractivity contribution in [2.24, 2.45) is 4.99 Å². The van der Waals surface area contributed by atoms with Gasteiger partial charge in [-0.3, -0.25) is 4.99 Å². The van der Waals surface area contributed by atoms with Gasteiger partial charge in [-0.2, -0.15) is 0 Å². The Morgan fingerprint density at radius 3 is 2.11 bits per heavy atom. The standard InChI is InChI=1S/C22H18Br3NO2/c1-2-27-19-9-7-18(8-10-19)26-13-16-11-20(24)22(21(25)12-16)28-14-15-3-5-17(23)6-4-15/h3-13H,2,14H2,1H3. The summed E-state index contributed by atoms with van der Waals surface area (Å²) in [5, 5.41) is 0. The van der Waals surface area contributed by atoms with Crippen molar-refractivity contribution in [3.63, 3.8) is 0 Å². The molecule has 0 aromatic heterocycles. The van der Waals surface area contributed by atoms with Crippen LogP contribution in [-0.2, 0) is 6.61 Å². The van der Waals surface area contributed by atoms with Crippen molar-refractivity contribution < 1.29 is 9.47 Å². The lowest BCUT2D eigenvalue weighted by molar-refractivity contribution is 0.302. The van der Waals surface area contributed by atoms with Crippen LogP contribution in [0.5, 0.6) is 11.5 Å². The van der Waals surface area contributed by atoms with Gasteiger partial charge >= 0.3 is 0 Å². The average molecular weight is 568 g/mol. The van der Waals surface area contributed by atoms with Gasteiger partial charge in [0.25, 0.3) is 0 Å². The second-order valence-corrected chi connectivity index (χ2v) is 8.54. The molecule has 0 atom stereocenters. The molecule has 144 valence electrons. The molecule has 3 nitrogen and oxygen atoms in total. The van der Waals surface area contributed by atoms with Crippen molar-refractivity contribution in [1.29, 1.82) is 0 Å². The van der Waals surface area contributed by atoms with Crippen molar-refractivity contribution in [3.05, 3.63) is 85.2 Å². The molecule has 3 aromatic rings. The summed E-state index contributed by atoms with van der Waals surface area (Å²) in [6.07, 6.45) is 1.82. The molecule has 3 rings (SSSR count). The zero-order chi connectivity index (χ0) is 19.9. The van der Waals surface area contributed by atoms with Gasteiger partial charge < -0.3 is 9.47 Å². The van der Waals surface area contributed by atoms with Crippen molar-refractivity contribution >= 4 is 59.7 Å². The molecule has 6 heteroatoms. The minimum Gasteiger partial charge on any atom is -0.494 e. The molecule has 0 aliphatic rings. The van der Waals surface area contributed by atoms with E-state index in [0.717, 1.165) is 41.7 Å². The normalized spacial score (nSPS) is 11.0. The molecule has 0 spiro atoms. The lowest BCUT2D eigenvalue weighted by Gasteiger charge is -2.11. The number of benzene rings is 3. The first kappa shape index (κ1) is 21.1. The minimum atomic E-state index is 0.490. The molecule has 3 aromatic carbocycles. The molecule has 0 saturated heterocycles. The van der Waals surface area contributed by atoms with Crippen LogP contribution in [0.1, 0.15) is 18.1 Å². The minimum absolute atomic E-state index is 0.490. The summed E-state index contributed by atoms with van der Waals surface area (Å²) in [5.74, 6) is 1.61. The first-order valence-electron chi connectivity index (χ1n) is 8.68. The molecule has 0 N–H and O–H groups in total. The third-order valence-electron chi connectivity index (χ3n) is 3.83. The Kier molecular flexibility index (Phi) is 7.71. The summed E-state index contributed by atoms with van der Waals surface area (Å²) in [4.78, 5) is 4.52. The van der Waals surface area contributed by atoms with Gasteiger partial charge in [-0.05, 0) is 98.4 Å². The Bertz CT molecular complexity index is 932. The van der Waals surface area contributed by atoms with Gasteiger partial charge in [0.05, 0.1) is 21.2 Å². The summed E-state index contributed by atoms with van der Waals surface area (Å²) < 4.78 is 14.2. The second kappa shape index (κ2) is 10.2. The third kappa shape index (κ3) is 5.93. The predicted molar refractivity (Wildman–Crippen MR) is 125 cm³/mol. The molecule has 28 heavy (non-hydrogen) atoms. The molecule has 0 saturated carbocycles. The van der Waals surface area contributed by atoms with Crippen LogP contribution in [0.15, 0.2) is 79.1 Å². The quantitative estimate of drug-likeness (QED) is 0.274. The molecule has 0 fully saturated rings. The maximum absolute atomic E-state index is 5.98. The number of hydrogen-bond donors (Lipinski definition) is 0. The predicted octanol–water partition coefficient (Wildman–Crippen LogP) is 7.70. The summed E-state index contributed by atoms with van der Waals surface area (Å²) in [7, 11) is 0. The fourth-order valence-electron chi connectivity index (χ4n) is 2.47. The first-order chi connectivity index (χ1) is 13.5. The van der Waals surface area contributed by atoms with Gasteiger partial charge in [0, 0.05) is 10.7 Å². The summed E-state index contributed by atoms with van der Waals surface area (Å²) in [5.41, 5.74) is 2.93. The Balaban J connectivity index is 1.69. The number of ether oxygens (including phenoxy) is 2. The van der Waals surface area contributed by atoms with E-state index in [9.17, 15) is 0 Å². The highest BCUT2D eigenvalue weighted by molar-refractivity contribution is 9.11. The van der Waals surface area contributed by atoms with E-state index in [1.54, 1.807) is 0 Å². The Labute approximate surface area is 190 Å². The van der Waals surface area contributed by atoms with Gasteiger partial charge in [0.2, 0.25) is 0 Å². The van der Waals surface area contributed by atoms with E-state index in [1.165, 1.54) is 0 Å². The van der Waals surface area contributed by atoms with Crippen LogP contribution in [0.4, 0.5) is 5.69 Å². The topological polar surface area (TPSA) is 30.8 Å². The van der Waals surface area contributed by atoms with E-state index >= 15 is 0 Å². The van der Waals surface area contributed by atoms with Gasteiger partial charge in [-0.25, -0.2) is 0 Å². The lowest BCUT2D eigenvalue weighted by Crippen LogP contribution is -1.97. The molecule has 0 aliphatic heterocycles. The zero-order valence-corrected chi connectivity index (χ0v) is 19.9. The average Bonchev–Trinajstić information content (AvgIpc) is 2.68. The molecule has 0 aliphatic carbocycles. The smallest absolute Gasteiger partial charge is 0.148 e. The third-order valence-corrected chi connectivity index (χ3v) is 5.53. The molecule has 0 amide bonds. The second-order valence-electron chi connectivity index (χ2n) is 5.91. The van der Waals surface area contributed by atoms with E-state index in [1.807, 2.05) is 73.8 Å². The van der Waals surface area contributed by atoms with Crippen LogP contribution in [0.2, 0.25) is 0 Å². The summed E-state index contributed by atoms with van der Waals surface area (Å²) in [6, 6.07) is 19.7.